The Morgan fingerprint density at radius 2 is 2.14 bits per heavy atom. The van der Waals surface area contributed by atoms with Crippen LogP contribution in [0.5, 0.6) is 0 Å². The fourth-order valence-electron chi connectivity index (χ4n) is 2.54. The van der Waals surface area contributed by atoms with E-state index in [1.807, 2.05) is 20.0 Å². The first-order valence-corrected chi connectivity index (χ1v) is 7.04. The van der Waals surface area contributed by atoms with Crippen LogP contribution < -0.4 is 5.32 Å². The summed E-state index contributed by atoms with van der Waals surface area (Å²) in [6.45, 7) is 4.05. The SMILES string of the molecule is CN[C@@H](C)[C@H](O)[C@H](C)C(C(=O)O)N(C)Cc1ccnn1C. The summed E-state index contributed by atoms with van der Waals surface area (Å²) < 4.78 is 1.72. The monoisotopic (exact) mass is 298 g/mol. The molecule has 0 spiro atoms. The Labute approximate surface area is 125 Å². The second kappa shape index (κ2) is 7.53. The van der Waals surface area contributed by atoms with Gasteiger partial charge in [0.1, 0.15) is 6.04 Å². The summed E-state index contributed by atoms with van der Waals surface area (Å²) in [6.07, 6.45) is 0.936. The highest BCUT2D eigenvalue weighted by atomic mass is 16.4. The number of carboxylic acids is 1. The van der Waals surface area contributed by atoms with Crippen molar-refractivity contribution in [3.8, 4) is 0 Å². The van der Waals surface area contributed by atoms with Gasteiger partial charge >= 0.3 is 5.97 Å². The van der Waals surface area contributed by atoms with Crippen molar-refractivity contribution in [1.29, 1.82) is 0 Å². The van der Waals surface area contributed by atoms with Crippen molar-refractivity contribution < 1.29 is 15.0 Å². The number of likely N-dealkylation sites (N-methyl/N-ethyl adjacent to an activating group) is 2. The number of carbonyl (C=O) groups is 1. The molecular formula is C14H26N4O3. The van der Waals surface area contributed by atoms with Crippen molar-refractivity contribution in [2.75, 3.05) is 14.1 Å². The average molecular weight is 298 g/mol. The molecule has 1 heterocycles. The maximum Gasteiger partial charge on any atom is 0.321 e. The number of carboxylic acid groups (broad SMARTS) is 1. The summed E-state index contributed by atoms with van der Waals surface area (Å²) >= 11 is 0. The summed E-state index contributed by atoms with van der Waals surface area (Å²) in [6, 6.07) is 0.907. The van der Waals surface area contributed by atoms with Crippen molar-refractivity contribution in [3.63, 3.8) is 0 Å². The molecule has 7 heteroatoms. The van der Waals surface area contributed by atoms with Crippen LogP contribution in [0.4, 0.5) is 0 Å². The number of aryl methyl sites for hydroxylation is 1. The van der Waals surface area contributed by atoms with E-state index in [4.69, 9.17) is 0 Å². The quantitative estimate of drug-likeness (QED) is 0.621. The first-order valence-electron chi connectivity index (χ1n) is 7.04. The van der Waals surface area contributed by atoms with Gasteiger partial charge in [-0.05, 0) is 27.1 Å². The number of aliphatic hydroxyl groups is 1. The zero-order chi connectivity index (χ0) is 16.2. The summed E-state index contributed by atoms with van der Waals surface area (Å²) in [4.78, 5) is 13.3. The van der Waals surface area contributed by atoms with Crippen LogP contribution in [0, 0.1) is 5.92 Å². The zero-order valence-corrected chi connectivity index (χ0v) is 13.3. The van der Waals surface area contributed by atoms with Crippen LogP contribution in [-0.4, -0.2) is 63.1 Å². The van der Waals surface area contributed by atoms with E-state index in [2.05, 4.69) is 10.4 Å². The van der Waals surface area contributed by atoms with Gasteiger partial charge in [-0.3, -0.25) is 14.4 Å². The largest absolute Gasteiger partial charge is 0.480 e. The van der Waals surface area contributed by atoms with E-state index in [1.54, 1.807) is 36.8 Å². The van der Waals surface area contributed by atoms with E-state index in [0.29, 0.717) is 6.54 Å². The number of aliphatic carboxylic acids is 1. The van der Waals surface area contributed by atoms with Gasteiger partial charge in [0, 0.05) is 31.7 Å². The molecule has 1 aromatic heterocycles. The first kappa shape index (κ1) is 17.6. The number of aliphatic hydroxyl groups excluding tert-OH is 1. The number of aromatic nitrogens is 2. The molecule has 7 nitrogen and oxygen atoms in total. The Bertz CT molecular complexity index is 463. The Balaban J connectivity index is 2.85. The minimum atomic E-state index is -0.936. The molecular weight excluding hydrogens is 272 g/mol. The highest BCUT2D eigenvalue weighted by Crippen LogP contribution is 2.19. The van der Waals surface area contributed by atoms with E-state index in [1.165, 1.54) is 0 Å². The maximum atomic E-state index is 11.6. The molecule has 4 atom stereocenters. The van der Waals surface area contributed by atoms with Gasteiger partial charge in [-0.15, -0.1) is 0 Å². The molecule has 0 aliphatic heterocycles. The molecule has 21 heavy (non-hydrogen) atoms. The summed E-state index contributed by atoms with van der Waals surface area (Å²) in [5.74, 6) is -1.35. The molecule has 1 aromatic rings. The zero-order valence-electron chi connectivity index (χ0n) is 13.3. The Hall–Kier alpha value is -1.44. The Kier molecular flexibility index (Phi) is 6.32. The van der Waals surface area contributed by atoms with Gasteiger partial charge < -0.3 is 15.5 Å². The van der Waals surface area contributed by atoms with Crippen LogP contribution in [0.25, 0.3) is 0 Å². The van der Waals surface area contributed by atoms with Crippen molar-refractivity contribution in [2.45, 2.75) is 38.6 Å². The topological polar surface area (TPSA) is 90.6 Å². The van der Waals surface area contributed by atoms with Crippen LogP contribution in [0.15, 0.2) is 12.3 Å². The normalized spacial score (nSPS) is 17.5. The number of hydrogen-bond donors (Lipinski definition) is 3. The molecule has 0 aromatic carbocycles. The summed E-state index contributed by atoms with van der Waals surface area (Å²) in [5, 5.41) is 26.8. The lowest BCUT2D eigenvalue weighted by Gasteiger charge is -2.34. The minimum absolute atomic E-state index is 0.174. The van der Waals surface area contributed by atoms with E-state index < -0.39 is 24.0 Å². The fourth-order valence-corrected chi connectivity index (χ4v) is 2.54. The van der Waals surface area contributed by atoms with Gasteiger partial charge in [-0.1, -0.05) is 6.92 Å². The molecule has 1 rings (SSSR count). The third kappa shape index (κ3) is 4.26. The third-order valence-corrected chi connectivity index (χ3v) is 4.07. The van der Waals surface area contributed by atoms with Gasteiger partial charge in [0.15, 0.2) is 0 Å². The predicted molar refractivity (Wildman–Crippen MR) is 79.8 cm³/mol. The molecule has 3 N–H and O–H groups in total. The summed E-state index contributed by atoms with van der Waals surface area (Å²) in [7, 11) is 5.31. The second-order valence-corrected chi connectivity index (χ2v) is 5.57. The van der Waals surface area contributed by atoms with E-state index >= 15 is 0 Å². The fraction of sp³-hybridized carbons (Fsp3) is 0.714. The van der Waals surface area contributed by atoms with Crippen LogP contribution in [0.2, 0.25) is 0 Å². The molecule has 1 unspecified atom stereocenters. The molecule has 0 saturated heterocycles. The number of hydrogen-bond acceptors (Lipinski definition) is 5. The highest BCUT2D eigenvalue weighted by Gasteiger charge is 2.35. The minimum Gasteiger partial charge on any atom is -0.480 e. The lowest BCUT2D eigenvalue weighted by Crippen LogP contribution is -2.51. The van der Waals surface area contributed by atoms with Gasteiger partial charge in [-0.2, -0.15) is 5.10 Å². The molecule has 0 radical (unpaired) electrons. The van der Waals surface area contributed by atoms with Crippen molar-refractivity contribution in [2.24, 2.45) is 13.0 Å². The third-order valence-electron chi connectivity index (χ3n) is 4.07. The van der Waals surface area contributed by atoms with E-state index in [0.717, 1.165) is 5.69 Å². The molecule has 0 amide bonds. The van der Waals surface area contributed by atoms with Crippen LogP contribution in [0.3, 0.4) is 0 Å². The second-order valence-electron chi connectivity index (χ2n) is 5.57. The predicted octanol–water partition coefficient (Wildman–Crippen LogP) is -0.0900. The van der Waals surface area contributed by atoms with Crippen LogP contribution in [0.1, 0.15) is 19.5 Å². The Morgan fingerprint density at radius 1 is 1.52 bits per heavy atom. The number of rotatable bonds is 8. The van der Waals surface area contributed by atoms with Crippen molar-refractivity contribution >= 4 is 5.97 Å². The first-order chi connectivity index (χ1) is 9.79. The summed E-state index contributed by atoms with van der Waals surface area (Å²) in [5.41, 5.74) is 0.923. The molecule has 0 saturated carbocycles. The molecule has 0 bridgehead atoms. The van der Waals surface area contributed by atoms with E-state index in [-0.39, 0.29) is 6.04 Å². The van der Waals surface area contributed by atoms with Gasteiger partial charge in [0.25, 0.3) is 0 Å². The standard InChI is InChI=1S/C14H26N4O3/c1-9(13(19)10(2)15-3)12(14(20)21)17(4)8-11-6-7-16-18(11)5/h6-7,9-10,12-13,15,19H,8H2,1-5H3,(H,20,21)/t9-,10+,12?,13-/m1/s1. The van der Waals surface area contributed by atoms with Crippen LogP contribution >= 0.6 is 0 Å². The lowest BCUT2D eigenvalue weighted by atomic mass is 9.90. The van der Waals surface area contributed by atoms with Gasteiger partial charge in [-0.25, -0.2) is 0 Å². The lowest BCUT2D eigenvalue weighted by molar-refractivity contribution is -0.147. The van der Waals surface area contributed by atoms with Crippen LogP contribution in [-0.2, 0) is 18.4 Å². The maximum absolute atomic E-state index is 11.6. The Morgan fingerprint density at radius 3 is 2.57 bits per heavy atom. The number of nitrogens with zero attached hydrogens (tertiary/aromatic N) is 3. The van der Waals surface area contributed by atoms with Crippen molar-refractivity contribution in [1.82, 2.24) is 20.0 Å². The molecule has 120 valence electrons. The molecule has 0 aliphatic rings. The average Bonchev–Trinajstić information content (AvgIpc) is 2.82. The smallest absolute Gasteiger partial charge is 0.321 e. The highest BCUT2D eigenvalue weighted by molar-refractivity contribution is 5.74. The molecule has 0 fully saturated rings. The van der Waals surface area contributed by atoms with Gasteiger partial charge in [0.2, 0.25) is 0 Å². The molecule has 0 aliphatic carbocycles. The van der Waals surface area contributed by atoms with Gasteiger partial charge in [0.05, 0.1) is 11.8 Å². The van der Waals surface area contributed by atoms with E-state index in [9.17, 15) is 15.0 Å². The van der Waals surface area contributed by atoms with Crippen molar-refractivity contribution in [3.05, 3.63) is 18.0 Å². The number of nitrogens with one attached hydrogen (secondary N) is 1.